The number of hydrogen-bond acceptors (Lipinski definition) is 2. The first kappa shape index (κ1) is 35.1. The summed E-state index contributed by atoms with van der Waals surface area (Å²) in [6, 6.07) is 56.3. The summed E-state index contributed by atoms with van der Waals surface area (Å²) in [7, 11) is 0. The predicted molar refractivity (Wildman–Crippen MR) is 245 cm³/mol. The molecular weight excluding hydrogens is 703 g/mol. The summed E-state index contributed by atoms with van der Waals surface area (Å²) in [5.74, 6) is 1.28. The zero-order chi connectivity index (χ0) is 39.0. The van der Waals surface area contributed by atoms with E-state index in [0.29, 0.717) is 17.8 Å². The highest BCUT2D eigenvalue weighted by Gasteiger charge is 2.48. The zero-order valence-corrected chi connectivity index (χ0v) is 33.7. The highest BCUT2D eigenvalue weighted by atomic mass is 16.3. The van der Waals surface area contributed by atoms with Crippen molar-refractivity contribution >= 4 is 49.7 Å². The molecule has 0 saturated heterocycles. The second-order valence-electron chi connectivity index (χ2n) is 17.5. The topological polar surface area (TPSA) is 16.4 Å². The highest BCUT2D eigenvalue weighted by Crippen LogP contribution is 2.58. The lowest BCUT2D eigenvalue weighted by Crippen LogP contribution is -2.32. The Hall–Kier alpha value is -6.12. The average molecular weight is 752 g/mol. The van der Waals surface area contributed by atoms with E-state index in [2.05, 4.69) is 189 Å². The van der Waals surface area contributed by atoms with E-state index in [1.165, 1.54) is 87.7 Å². The molecule has 0 spiro atoms. The van der Waals surface area contributed by atoms with Crippen LogP contribution in [0.5, 0.6) is 0 Å². The van der Waals surface area contributed by atoms with Gasteiger partial charge in [-0.2, -0.15) is 0 Å². The van der Waals surface area contributed by atoms with Crippen molar-refractivity contribution in [2.75, 3.05) is 4.90 Å². The molecule has 0 radical (unpaired) electrons. The Morgan fingerprint density at radius 3 is 1.97 bits per heavy atom. The Labute approximate surface area is 342 Å². The standard InChI is InChI=1S/C56H49NO/c1-36-34-35-50(53-46-25-7-11-30-47(46)56(2,3)54(36)53)57(49-32-13-9-23-41(49)44-28-17-29-45-42-24-10-14-33-51(42)58-55(44)45)48-31-12-8-22-40(48)43-27-16-21-38-20-15-26-39(52(38)43)37-18-5-4-6-19-37/h7-17,20-37,54H,4-6,18-19H2,1-3H3. The minimum absolute atomic E-state index is 0.0313. The van der Waals surface area contributed by atoms with Gasteiger partial charge in [-0.3, -0.25) is 0 Å². The van der Waals surface area contributed by atoms with Crippen LogP contribution in [-0.4, -0.2) is 0 Å². The molecule has 0 amide bonds. The van der Waals surface area contributed by atoms with Gasteiger partial charge in [-0.25, -0.2) is 0 Å². The van der Waals surface area contributed by atoms with Crippen molar-refractivity contribution in [3.8, 4) is 22.3 Å². The highest BCUT2D eigenvalue weighted by molar-refractivity contribution is 6.11. The number of nitrogens with zero attached hydrogens (tertiary/aromatic N) is 1. The van der Waals surface area contributed by atoms with E-state index in [0.717, 1.165) is 38.8 Å². The number of rotatable bonds is 6. The minimum atomic E-state index is -0.0313. The van der Waals surface area contributed by atoms with Crippen molar-refractivity contribution in [2.24, 2.45) is 11.8 Å². The first-order chi connectivity index (χ1) is 28.5. The van der Waals surface area contributed by atoms with Crippen molar-refractivity contribution in [1.29, 1.82) is 0 Å². The molecule has 1 aromatic heterocycles. The van der Waals surface area contributed by atoms with Crippen LogP contribution < -0.4 is 4.90 Å². The maximum atomic E-state index is 6.75. The SMILES string of the molecule is CC1C=CC(N(c2ccccc2-c2cccc3c2oc2ccccc23)c2ccccc2-c2cccc3cccc(C4CCCCC4)c23)=C2c3ccccc3C(C)(C)C21. The maximum absolute atomic E-state index is 6.75. The zero-order valence-electron chi connectivity index (χ0n) is 33.7. The van der Waals surface area contributed by atoms with Gasteiger partial charge >= 0.3 is 0 Å². The Morgan fingerprint density at radius 1 is 0.569 bits per heavy atom. The molecule has 3 aliphatic rings. The van der Waals surface area contributed by atoms with Crippen molar-refractivity contribution in [1.82, 2.24) is 0 Å². The summed E-state index contributed by atoms with van der Waals surface area (Å²) in [6.45, 7) is 7.31. The summed E-state index contributed by atoms with van der Waals surface area (Å²) in [5, 5.41) is 5.01. The Bertz CT molecular complexity index is 2940. The van der Waals surface area contributed by atoms with Crippen molar-refractivity contribution in [3.05, 3.63) is 186 Å². The minimum Gasteiger partial charge on any atom is -0.455 e. The molecule has 2 unspecified atom stereocenters. The number of allylic oxidation sites excluding steroid dienone is 3. The van der Waals surface area contributed by atoms with Crippen LogP contribution in [0.4, 0.5) is 11.4 Å². The molecule has 8 aromatic rings. The van der Waals surface area contributed by atoms with Crippen LogP contribution >= 0.6 is 0 Å². The fraction of sp³-hybridized carbons (Fsp3) is 0.214. The van der Waals surface area contributed by atoms with Crippen LogP contribution in [0.15, 0.2) is 174 Å². The summed E-state index contributed by atoms with van der Waals surface area (Å²) in [4.78, 5) is 2.61. The quantitative estimate of drug-likeness (QED) is 0.168. The number of fused-ring (bicyclic) bond motifs is 7. The van der Waals surface area contributed by atoms with E-state index in [1.54, 1.807) is 0 Å². The number of anilines is 2. The Morgan fingerprint density at radius 2 is 1.17 bits per heavy atom. The normalized spacial score (nSPS) is 18.9. The molecule has 11 rings (SSSR count). The average Bonchev–Trinajstić information content (AvgIpc) is 3.77. The van der Waals surface area contributed by atoms with Gasteiger partial charge in [-0.15, -0.1) is 0 Å². The van der Waals surface area contributed by atoms with Crippen molar-refractivity contribution < 1.29 is 4.42 Å². The van der Waals surface area contributed by atoms with E-state index in [-0.39, 0.29) is 5.41 Å². The Kier molecular flexibility index (Phi) is 8.33. The molecule has 284 valence electrons. The third-order valence-electron chi connectivity index (χ3n) is 13.9. The Balaban J connectivity index is 1.22. The van der Waals surface area contributed by atoms with E-state index in [1.807, 2.05) is 0 Å². The van der Waals surface area contributed by atoms with E-state index in [9.17, 15) is 0 Å². The van der Waals surface area contributed by atoms with E-state index >= 15 is 0 Å². The van der Waals surface area contributed by atoms with Gasteiger partial charge in [-0.05, 0) is 93.0 Å². The van der Waals surface area contributed by atoms with Crippen molar-refractivity contribution in [2.45, 2.75) is 64.2 Å². The van der Waals surface area contributed by atoms with Gasteiger partial charge in [0, 0.05) is 33.4 Å². The fourth-order valence-electron chi connectivity index (χ4n) is 11.3. The predicted octanol–water partition coefficient (Wildman–Crippen LogP) is 15.8. The van der Waals surface area contributed by atoms with Crippen LogP contribution in [-0.2, 0) is 5.41 Å². The van der Waals surface area contributed by atoms with Gasteiger partial charge < -0.3 is 9.32 Å². The van der Waals surface area contributed by atoms with Gasteiger partial charge in [0.1, 0.15) is 11.2 Å². The molecule has 0 aliphatic heterocycles. The monoisotopic (exact) mass is 751 g/mol. The van der Waals surface area contributed by atoms with Gasteiger partial charge in [0.15, 0.2) is 0 Å². The number of hydrogen-bond donors (Lipinski definition) is 0. The molecule has 2 atom stereocenters. The first-order valence-corrected chi connectivity index (χ1v) is 21.4. The van der Waals surface area contributed by atoms with E-state index < -0.39 is 0 Å². The third kappa shape index (κ3) is 5.38. The van der Waals surface area contributed by atoms with E-state index in [4.69, 9.17) is 4.42 Å². The van der Waals surface area contributed by atoms with Crippen LogP contribution in [0, 0.1) is 11.8 Å². The van der Waals surface area contributed by atoms with Gasteiger partial charge in [0.05, 0.1) is 17.1 Å². The maximum Gasteiger partial charge on any atom is 0.143 e. The molecule has 2 heteroatoms. The molecule has 58 heavy (non-hydrogen) atoms. The molecule has 1 saturated carbocycles. The number of furan rings is 1. The largest absolute Gasteiger partial charge is 0.455 e. The lowest BCUT2D eigenvalue weighted by molar-refractivity contribution is 0.345. The van der Waals surface area contributed by atoms with Crippen LogP contribution in [0.2, 0.25) is 0 Å². The molecule has 3 aliphatic carbocycles. The molecule has 7 aromatic carbocycles. The van der Waals surface area contributed by atoms with Gasteiger partial charge in [0.25, 0.3) is 0 Å². The molecule has 1 fully saturated rings. The summed E-state index contributed by atoms with van der Waals surface area (Å²) in [6.07, 6.45) is 11.4. The second kappa shape index (κ2) is 13.8. The van der Waals surface area contributed by atoms with Gasteiger partial charge in [-0.1, -0.05) is 180 Å². The van der Waals surface area contributed by atoms with Crippen LogP contribution in [0.25, 0.3) is 60.5 Å². The lowest BCUT2D eigenvalue weighted by atomic mass is 9.69. The number of benzene rings is 7. The molecule has 1 heterocycles. The summed E-state index contributed by atoms with van der Waals surface area (Å²) >= 11 is 0. The smallest absolute Gasteiger partial charge is 0.143 e. The van der Waals surface area contributed by atoms with Crippen LogP contribution in [0.1, 0.15) is 75.5 Å². The number of para-hydroxylation sites is 4. The molecule has 0 bridgehead atoms. The molecular formula is C56H49NO. The van der Waals surface area contributed by atoms with Crippen LogP contribution in [0.3, 0.4) is 0 Å². The third-order valence-corrected chi connectivity index (χ3v) is 13.9. The second-order valence-corrected chi connectivity index (χ2v) is 17.5. The molecule has 0 N–H and O–H groups in total. The van der Waals surface area contributed by atoms with Crippen molar-refractivity contribution in [3.63, 3.8) is 0 Å². The molecule has 2 nitrogen and oxygen atoms in total. The summed E-state index contributed by atoms with van der Waals surface area (Å²) in [5.41, 5.74) is 15.9. The first-order valence-electron chi connectivity index (χ1n) is 21.4. The van der Waals surface area contributed by atoms with Gasteiger partial charge in [0.2, 0.25) is 0 Å². The summed E-state index contributed by atoms with van der Waals surface area (Å²) < 4.78 is 6.75. The fourth-order valence-corrected chi connectivity index (χ4v) is 11.3. The lowest BCUT2D eigenvalue weighted by Gasteiger charge is -2.39.